The molecule has 0 saturated carbocycles. The van der Waals surface area contributed by atoms with E-state index in [1.54, 1.807) is 0 Å². The maximum Gasteiger partial charge on any atom is 0.220 e. The molecule has 1 saturated heterocycles. The van der Waals surface area contributed by atoms with E-state index in [-0.39, 0.29) is 17.4 Å². The number of amides is 1. The highest BCUT2D eigenvalue weighted by Crippen LogP contribution is 2.25. The predicted molar refractivity (Wildman–Crippen MR) is 68.7 cm³/mol. The molecule has 4 nitrogen and oxygen atoms in total. The smallest absolute Gasteiger partial charge is 0.220 e. The lowest BCUT2D eigenvalue weighted by Gasteiger charge is -2.26. The van der Waals surface area contributed by atoms with E-state index in [2.05, 4.69) is 19.2 Å². The van der Waals surface area contributed by atoms with Crippen LogP contribution in [-0.4, -0.2) is 31.7 Å². The Kier molecular flexibility index (Phi) is 5.92. The third-order valence-corrected chi connectivity index (χ3v) is 3.38. The van der Waals surface area contributed by atoms with Gasteiger partial charge in [-0.05, 0) is 37.6 Å². The molecule has 0 radical (unpaired) electrons. The first-order chi connectivity index (χ1) is 8.03. The molecule has 1 atom stereocenters. The molecule has 1 rings (SSSR count). The molecule has 1 unspecified atom stereocenters. The molecule has 1 aliphatic heterocycles. The number of rotatable bonds is 6. The van der Waals surface area contributed by atoms with E-state index in [1.807, 2.05) is 0 Å². The Balaban J connectivity index is 2.20. The van der Waals surface area contributed by atoms with Crippen LogP contribution >= 0.6 is 0 Å². The van der Waals surface area contributed by atoms with Crippen LogP contribution in [0.5, 0.6) is 0 Å². The minimum Gasteiger partial charge on any atom is -0.379 e. The van der Waals surface area contributed by atoms with Gasteiger partial charge in [0.15, 0.2) is 0 Å². The van der Waals surface area contributed by atoms with Crippen molar-refractivity contribution in [1.29, 1.82) is 0 Å². The summed E-state index contributed by atoms with van der Waals surface area (Å²) in [5, 5.41) is 3.04. The maximum absolute atomic E-state index is 11.8. The fraction of sp³-hybridized carbons (Fsp3) is 0.923. The van der Waals surface area contributed by atoms with E-state index in [9.17, 15) is 4.79 Å². The number of nitrogens with two attached hydrogens (primary N) is 1. The van der Waals surface area contributed by atoms with Gasteiger partial charge in [0.2, 0.25) is 5.91 Å². The van der Waals surface area contributed by atoms with Crippen LogP contribution in [0.3, 0.4) is 0 Å². The van der Waals surface area contributed by atoms with Gasteiger partial charge in [-0.3, -0.25) is 4.79 Å². The summed E-state index contributed by atoms with van der Waals surface area (Å²) in [5.74, 6) is 0.144. The van der Waals surface area contributed by atoms with E-state index in [1.165, 1.54) is 0 Å². The second-order valence-corrected chi connectivity index (χ2v) is 5.68. The molecule has 0 spiro atoms. The van der Waals surface area contributed by atoms with Crippen molar-refractivity contribution in [2.45, 2.75) is 52.0 Å². The fourth-order valence-electron chi connectivity index (χ4n) is 2.12. The molecule has 0 aromatic carbocycles. The van der Waals surface area contributed by atoms with Crippen molar-refractivity contribution in [2.24, 2.45) is 11.1 Å². The highest BCUT2D eigenvalue weighted by Gasteiger charge is 2.20. The van der Waals surface area contributed by atoms with Crippen LogP contribution in [0.15, 0.2) is 0 Å². The molecule has 4 heteroatoms. The van der Waals surface area contributed by atoms with Crippen LogP contribution in [0.2, 0.25) is 0 Å². The SMILES string of the molecule is CC(C)(CCN)CCC(=O)NC1CCCOC1. The lowest BCUT2D eigenvalue weighted by molar-refractivity contribution is -0.123. The van der Waals surface area contributed by atoms with Crippen LogP contribution in [0, 0.1) is 5.41 Å². The quantitative estimate of drug-likeness (QED) is 0.740. The fourth-order valence-corrected chi connectivity index (χ4v) is 2.12. The first-order valence-corrected chi connectivity index (χ1v) is 6.61. The second-order valence-electron chi connectivity index (χ2n) is 5.68. The lowest BCUT2D eigenvalue weighted by Crippen LogP contribution is -2.40. The lowest BCUT2D eigenvalue weighted by atomic mass is 9.84. The summed E-state index contributed by atoms with van der Waals surface area (Å²) >= 11 is 0. The summed E-state index contributed by atoms with van der Waals surface area (Å²) in [7, 11) is 0. The molecule has 0 aromatic heterocycles. The topological polar surface area (TPSA) is 64.4 Å². The van der Waals surface area contributed by atoms with Crippen LogP contribution in [-0.2, 0) is 9.53 Å². The van der Waals surface area contributed by atoms with Gasteiger partial charge in [-0.1, -0.05) is 13.8 Å². The van der Waals surface area contributed by atoms with Crippen LogP contribution in [0.1, 0.15) is 46.0 Å². The first kappa shape index (κ1) is 14.5. The third-order valence-electron chi connectivity index (χ3n) is 3.38. The molecule has 0 aromatic rings. The number of hydrogen-bond donors (Lipinski definition) is 2. The summed E-state index contributed by atoms with van der Waals surface area (Å²) in [6, 6.07) is 0.217. The van der Waals surface area contributed by atoms with Gasteiger partial charge in [-0.2, -0.15) is 0 Å². The van der Waals surface area contributed by atoms with Crippen molar-refractivity contribution in [3.63, 3.8) is 0 Å². The van der Waals surface area contributed by atoms with Gasteiger partial charge in [0.05, 0.1) is 12.6 Å². The van der Waals surface area contributed by atoms with Gasteiger partial charge >= 0.3 is 0 Å². The highest BCUT2D eigenvalue weighted by molar-refractivity contribution is 5.76. The minimum absolute atomic E-state index is 0.144. The van der Waals surface area contributed by atoms with Crippen molar-refractivity contribution < 1.29 is 9.53 Å². The number of carbonyl (C=O) groups excluding carboxylic acids is 1. The Morgan fingerprint density at radius 2 is 2.24 bits per heavy atom. The van der Waals surface area contributed by atoms with Crippen molar-refractivity contribution in [3.05, 3.63) is 0 Å². The molecular formula is C13H26N2O2. The van der Waals surface area contributed by atoms with Gasteiger partial charge in [0.25, 0.3) is 0 Å². The van der Waals surface area contributed by atoms with Crippen molar-refractivity contribution in [3.8, 4) is 0 Å². The molecule has 1 heterocycles. The van der Waals surface area contributed by atoms with Crippen LogP contribution < -0.4 is 11.1 Å². The molecule has 100 valence electrons. The van der Waals surface area contributed by atoms with Gasteiger partial charge < -0.3 is 15.8 Å². The zero-order valence-corrected chi connectivity index (χ0v) is 11.1. The summed E-state index contributed by atoms with van der Waals surface area (Å²) < 4.78 is 5.34. The molecule has 0 bridgehead atoms. The average Bonchev–Trinajstić information content (AvgIpc) is 2.28. The Bertz CT molecular complexity index is 236. The summed E-state index contributed by atoms with van der Waals surface area (Å²) in [5.41, 5.74) is 5.72. The Morgan fingerprint density at radius 3 is 2.82 bits per heavy atom. The number of hydrogen-bond acceptors (Lipinski definition) is 3. The van der Waals surface area contributed by atoms with E-state index in [4.69, 9.17) is 10.5 Å². The molecular weight excluding hydrogens is 216 g/mol. The zero-order valence-electron chi connectivity index (χ0n) is 11.1. The Labute approximate surface area is 104 Å². The molecule has 1 amide bonds. The maximum atomic E-state index is 11.8. The van der Waals surface area contributed by atoms with E-state index in [0.717, 1.165) is 32.3 Å². The number of ether oxygens (including phenoxy) is 1. The summed E-state index contributed by atoms with van der Waals surface area (Å²) in [4.78, 5) is 11.8. The van der Waals surface area contributed by atoms with Crippen LogP contribution in [0.4, 0.5) is 0 Å². The third kappa shape index (κ3) is 6.03. The summed E-state index contributed by atoms with van der Waals surface area (Å²) in [6.45, 7) is 6.51. The van der Waals surface area contributed by atoms with Crippen LogP contribution in [0.25, 0.3) is 0 Å². The summed E-state index contributed by atoms with van der Waals surface area (Å²) in [6.07, 6.45) is 4.53. The molecule has 1 aliphatic rings. The van der Waals surface area contributed by atoms with Crippen molar-refractivity contribution >= 4 is 5.91 Å². The largest absolute Gasteiger partial charge is 0.379 e. The minimum atomic E-state index is 0.144. The van der Waals surface area contributed by atoms with Gasteiger partial charge in [0, 0.05) is 13.0 Å². The monoisotopic (exact) mass is 242 g/mol. The number of carbonyl (C=O) groups is 1. The molecule has 1 fully saturated rings. The van der Waals surface area contributed by atoms with Crippen molar-refractivity contribution in [1.82, 2.24) is 5.32 Å². The second kappa shape index (κ2) is 6.97. The van der Waals surface area contributed by atoms with E-state index >= 15 is 0 Å². The predicted octanol–water partition coefficient (Wildman–Crippen LogP) is 1.44. The van der Waals surface area contributed by atoms with Gasteiger partial charge in [-0.25, -0.2) is 0 Å². The van der Waals surface area contributed by atoms with E-state index in [0.29, 0.717) is 19.6 Å². The Morgan fingerprint density at radius 1 is 1.47 bits per heavy atom. The highest BCUT2D eigenvalue weighted by atomic mass is 16.5. The van der Waals surface area contributed by atoms with E-state index < -0.39 is 0 Å². The van der Waals surface area contributed by atoms with Crippen molar-refractivity contribution in [2.75, 3.05) is 19.8 Å². The van der Waals surface area contributed by atoms with Gasteiger partial charge in [0.1, 0.15) is 0 Å². The van der Waals surface area contributed by atoms with Gasteiger partial charge in [-0.15, -0.1) is 0 Å². The number of nitrogens with one attached hydrogen (secondary N) is 1. The average molecular weight is 242 g/mol. The molecule has 17 heavy (non-hydrogen) atoms. The molecule has 0 aliphatic carbocycles. The molecule has 3 N–H and O–H groups in total. The standard InChI is InChI=1S/C13H26N2O2/c1-13(2,7-8-14)6-5-12(16)15-11-4-3-9-17-10-11/h11H,3-10,14H2,1-2H3,(H,15,16). The Hall–Kier alpha value is -0.610. The zero-order chi connectivity index (χ0) is 12.7. The first-order valence-electron chi connectivity index (χ1n) is 6.61. The normalized spacial score (nSPS) is 21.2.